The van der Waals surface area contributed by atoms with E-state index in [1.54, 1.807) is 14.2 Å². The first-order valence-electron chi connectivity index (χ1n) is 7.83. The average Bonchev–Trinajstić information content (AvgIpc) is 2.94. The summed E-state index contributed by atoms with van der Waals surface area (Å²) in [6.07, 6.45) is 3.26. The van der Waals surface area contributed by atoms with Crippen LogP contribution in [0.25, 0.3) is 0 Å². The molecule has 0 aromatic carbocycles. The molecule has 2 heterocycles. The van der Waals surface area contributed by atoms with Gasteiger partial charge in [0.05, 0.1) is 6.61 Å². The van der Waals surface area contributed by atoms with E-state index in [2.05, 4.69) is 10.4 Å². The molecular weight excluding hydrogens is 300 g/mol. The number of rotatable bonds is 7. The molecule has 0 unspecified atom stereocenters. The number of nitrogens with one attached hydrogen (secondary N) is 1. The molecule has 1 N–H and O–H groups in total. The number of nitrogens with zero attached hydrogens (tertiary/aromatic N) is 3. The third-order valence-electron chi connectivity index (χ3n) is 3.71. The first-order chi connectivity index (χ1) is 11.1. The summed E-state index contributed by atoms with van der Waals surface area (Å²) in [7, 11) is 3.24. The van der Waals surface area contributed by atoms with Crippen LogP contribution in [0.3, 0.4) is 0 Å². The van der Waals surface area contributed by atoms with Gasteiger partial charge in [0.2, 0.25) is 5.88 Å². The summed E-state index contributed by atoms with van der Waals surface area (Å²) in [6, 6.07) is 1.53. The zero-order valence-electron chi connectivity index (χ0n) is 13.7. The van der Waals surface area contributed by atoms with E-state index in [9.17, 15) is 9.59 Å². The molecule has 1 aromatic rings. The summed E-state index contributed by atoms with van der Waals surface area (Å²) in [5.74, 6) is 0.0686. The Morgan fingerprint density at radius 2 is 2.04 bits per heavy atom. The van der Waals surface area contributed by atoms with Crippen molar-refractivity contribution in [3.63, 3.8) is 0 Å². The van der Waals surface area contributed by atoms with Crippen LogP contribution < -0.4 is 10.1 Å². The van der Waals surface area contributed by atoms with Crippen LogP contribution in [0.1, 0.15) is 29.8 Å². The number of hydrogen-bond donors (Lipinski definition) is 1. The van der Waals surface area contributed by atoms with Crippen molar-refractivity contribution in [2.45, 2.75) is 19.3 Å². The number of likely N-dealkylation sites (tertiary alicyclic amines) is 1. The van der Waals surface area contributed by atoms with Gasteiger partial charge in [0.1, 0.15) is 0 Å². The molecule has 2 amide bonds. The molecule has 23 heavy (non-hydrogen) atoms. The second-order valence-electron chi connectivity index (χ2n) is 5.47. The largest absolute Gasteiger partial charge is 0.468 e. The van der Waals surface area contributed by atoms with Crippen LogP contribution in [0.4, 0.5) is 0 Å². The van der Waals surface area contributed by atoms with Crippen molar-refractivity contribution in [1.82, 2.24) is 20.0 Å². The first kappa shape index (κ1) is 17.3. The number of carbonyl (C=O) groups is 2. The summed E-state index contributed by atoms with van der Waals surface area (Å²) in [6.45, 7) is 2.40. The van der Waals surface area contributed by atoms with Gasteiger partial charge in [-0.05, 0) is 19.3 Å². The van der Waals surface area contributed by atoms with Crippen molar-refractivity contribution in [3.8, 4) is 5.88 Å². The van der Waals surface area contributed by atoms with Gasteiger partial charge in [-0.15, -0.1) is 0 Å². The smallest absolute Gasteiger partial charge is 0.272 e. The highest BCUT2D eigenvalue weighted by Crippen LogP contribution is 2.13. The lowest BCUT2D eigenvalue weighted by molar-refractivity contribution is -0.134. The molecule has 0 spiro atoms. The first-order valence-corrected chi connectivity index (χ1v) is 7.83. The molecule has 1 saturated heterocycles. The maximum Gasteiger partial charge on any atom is 0.272 e. The summed E-state index contributed by atoms with van der Waals surface area (Å²) in [5.41, 5.74) is 0.254. The predicted molar refractivity (Wildman–Crippen MR) is 83.3 cm³/mol. The average molecular weight is 324 g/mol. The van der Waals surface area contributed by atoms with Crippen LogP contribution in [0.15, 0.2) is 6.07 Å². The highest BCUT2D eigenvalue weighted by Gasteiger charge is 2.18. The van der Waals surface area contributed by atoms with E-state index in [4.69, 9.17) is 9.47 Å². The van der Waals surface area contributed by atoms with Crippen LogP contribution in [-0.2, 0) is 16.6 Å². The standard InChI is InChI=1S/C15H24N4O4/c1-18-14(10-12(17-18)15(21)16-6-9-22-2)23-11-13(20)19-7-4-3-5-8-19/h10H,3-9,11H2,1-2H3,(H,16,21). The molecule has 0 saturated carbocycles. The molecule has 8 heteroatoms. The molecule has 8 nitrogen and oxygen atoms in total. The number of hydrogen-bond acceptors (Lipinski definition) is 5. The van der Waals surface area contributed by atoms with Gasteiger partial charge in [0.15, 0.2) is 12.3 Å². The Labute approximate surface area is 135 Å². The fourth-order valence-electron chi connectivity index (χ4n) is 2.42. The second kappa shape index (κ2) is 8.52. The molecule has 1 aromatic heterocycles. The van der Waals surface area contributed by atoms with Gasteiger partial charge < -0.3 is 19.7 Å². The summed E-state index contributed by atoms with van der Waals surface area (Å²) in [4.78, 5) is 25.8. The van der Waals surface area contributed by atoms with Gasteiger partial charge in [0.25, 0.3) is 11.8 Å². The highest BCUT2D eigenvalue weighted by molar-refractivity contribution is 5.92. The molecule has 0 aliphatic carbocycles. The lowest BCUT2D eigenvalue weighted by Gasteiger charge is -2.26. The van der Waals surface area contributed by atoms with Gasteiger partial charge in [-0.1, -0.05) is 0 Å². The van der Waals surface area contributed by atoms with E-state index in [0.29, 0.717) is 19.0 Å². The Morgan fingerprint density at radius 3 is 2.74 bits per heavy atom. The van der Waals surface area contributed by atoms with Crippen molar-refractivity contribution >= 4 is 11.8 Å². The molecule has 1 fully saturated rings. The lowest BCUT2D eigenvalue weighted by atomic mass is 10.1. The van der Waals surface area contributed by atoms with Crippen LogP contribution in [0.5, 0.6) is 5.88 Å². The molecule has 128 valence electrons. The molecule has 1 aliphatic heterocycles. The molecule has 1 aliphatic rings. The van der Waals surface area contributed by atoms with Crippen LogP contribution in [-0.4, -0.2) is 66.5 Å². The molecule has 0 bridgehead atoms. The Hall–Kier alpha value is -2.09. The van der Waals surface area contributed by atoms with E-state index in [1.807, 2.05) is 4.90 Å². The third kappa shape index (κ3) is 4.95. The van der Waals surface area contributed by atoms with E-state index >= 15 is 0 Å². The highest BCUT2D eigenvalue weighted by atomic mass is 16.5. The van der Waals surface area contributed by atoms with Crippen molar-refractivity contribution in [1.29, 1.82) is 0 Å². The van der Waals surface area contributed by atoms with Crippen LogP contribution in [0, 0.1) is 0 Å². The Bertz CT molecular complexity index is 538. The topological polar surface area (TPSA) is 85.7 Å². The number of amides is 2. The number of ether oxygens (including phenoxy) is 2. The minimum absolute atomic E-state index is 0.0306. The van der Waals surface area contributed by atoms with E-state index in [0.717, 1.165) is 25.9 Å². The molecule has 0 atom stereocenters. The van der Waals surface area contributed by atoms with Gasteiger partial charge in [-0.3, -0.25) is 9.59 Å². The number of methoxy groups -OCH3 is 1. The predicted octanol–water partition coefficient (Wildman–Crippen LogP) is 0.188. The Morgan fingerprint density at radius 1 is 1.30 bits per heavy atom. The zero-order valence-corrected chi connectivity index (χ0v) is 13.7. The fraction of sp³-hybridized carbons (Fsp3) is 0.667. The monoisotopic (exact) mass is 324 g/mol. The minimum Gasteiger partial charge on any atom is -0.468 e. The zero-order chi connectivity index (χ0) is 16.7. The van der Waals surface area contributed by atoms with Crippen molar-refractivity contribution < 1.29 is 19.1 Å². The SMILES string of the molecule is COCCNC(=O)c1cc(OCC(=O)N2CCCCC2)n(C)n1. The van der Waals surface area contributed by atoms with E-state index in [1.165, 1.54) is 17.2 Å². The van der Waals surface area contributed by atoms with Crippen LogP contribution in [0.2, 0.25) is 0 Å². The fourth-order valence-corrected chi connectivity index (χ4v) is 2.42. The minimum atomic E-state index is -0.296. The van der Waals surface area contributed by atoms with Crippen LogP contribution >= 0.6 is 0 Å². The van der Waals surface area contributed by atoms with Gasteiger partial charge in [-0.25, -0.2) is 4.68 Å². The molecular formula is C15H24N4O4. The number of carbonyl (C=O) groups excluding carboxylic acids is 2. The number of aryl methyl sites for hydroxylation is 1. The summed E-state index contributed by atoms with van der Waals surface area (Å²) >= 11 is 0. The number of aromatic nitrogens is 2. The molecule has 0 radical (unpaired) electrons. The van der Waals surface area contributed by atoms with Gasteiger partial charge in [-0.2, -0.15) is 5.10 Å². The lowest BCUT2D eigenvalue weighted by Crippen LogP contribution is -2.38. The summed E-state index contributed by atoms with van der Waals surface area (Å²) in [5, 5.41) is 6.78. The second-order valence-corrected chi connectivity index (χ2v) is 5.47. The van der Waals surface area contributed by atoms with Crippen molar-refractivity contribution in [2.24, 2.45) is 7.05 Å². The van der Waals surface area contributed by atoms with Gasteiger partial charge in [0, 0.05) is 39.9 Å². The number of piperidine rings is 1. The van der Waals surface area contributed by atoms with Crippen molar-refractivity contribution in [3.05, 3.63) is 11.8 Å². The molecule has 2 rings (SSSR count). The van der Waals surface area contributed by atoms with E-state index in [-0.39, 0.29) is 24.1 Å². The Kier molecular flexibility index (Phi) is 6.40. The van der Waals surface area contributed by atoms with Gasteiger partial charge >= 0.3 is 0 Å². The quantitative estimate of drug-likeness (QED) is 0.724. The maximum absolute atomic E-state index is 12.1. The van der Waals surface area contributed by atoms with E-state index < -0.39 is 0 Å². The van der Waals surface area contributed by atoms with Crippen molar-refractivity contribution in [2.75, 3.05) is 40.0 Å². The maximum atomic E-state index is 12.1. The summed E-state index contributed by atoms with van der Waals surface area (Å²) < 4.78 is 11.8. The third-order valence-corrected chi connectivity index (χ3v) is 3.71. The Balaban J connectivity index is 1.85. The normalized spacial score (nSPS) is 14.6.